The van der Waals surface area contributed by atoms with Crippen molar-refractivity contribution in [1.82, 2.24) is 0 Å². The molecule has 0 atom stereocenters. The van der Waals surface area contributed by atoms with E-state index < -0.39 is 0 Å². The van der Waals surface area contributed by atoms with Crippen LogP contribution in [0.4, 0.5) is 0 Å². The fourth-order valence-corrected chi connectivity index (χ4v) is 1.62. The van der Waals surface area contributed by atoms with E-state index in [2.05, 4.69) is 4.74 Å². The fraction of sp³-hybridized carbons (Fsp3) is 0.417. The monoisotopic (exact) mass is 207 g/mol. The molecule has 0 saturated carbocycles. The molecule has 0 aliphatic carbocycles. The van der Waals surface area contributed by atoms with Gasteiger partial charge in [0.05, 0.1) is 12.7 Å². The second-order valence-corrected chi connectivity index (χ2v) is 3.46. The highest BCUT2D eigenvalue weighted by atomic mass is 16.5. The molecule has 0 unspecified atom stereocenters. The zero-order chi connectivity index (χ0) is 11.4. The van der Waals surface area contributed by atoms with Crippen molar-refractivity contribution in [3.63, 3.8) is 0 Å². The molecule has 1 aromatic carbocycles. The Morgan fingerprint density at radius 2 is 2.07 bits per heavy atom. The van der Waals surface area contributed by atoms with Crippen molar-refractivity contribution < 1.29 is 14.6 Å². The molecule has 0 amide bonds. The van der Waals surface area contributed by atoms with Crippen molar-refractivity contribution >= 4 is 5.97 Å². The maximum Gasteiger partial charge on any atom is 0.338 e. The summed E-state index contributed by atoms with van der Waals surface area (Å²) in [5.41, 5.74) is 1.96. The first-order valence-corrected chi connectivity index (χ1v) is 4.99. The van der Waals surface area contributed by atoms with E-state index in [4.69, 9.17) is 0 Å². The average molecular weight is 207 g/mol. The molecular formula is C12H15O3. The molecule has 1 rings (SSSR count). The van der Waals surface area contributed by atoms with Crippen molar-refractivity contribution in [3.8, 4) is 5.75 Å². The normalized spacial score (nSPS) is 10.1. The third-order valence-corrected chi connectivity index (χ3v) is 2.46. The minimum Gasteiger partial charge on any atom is -0.465 e. The van der Waals surface area contributed by atoms with Crippen LogP contribution in [0.15, 0.2) is 12.1 Å². The Balaban J connectivity index is 3.21. The van der Waals surface area contributed by atoms with E-state index in [0.717, 1.165) is 17.5 Å². The van der Waals surface area contributed by atoms with E-state index in [1.165, 1.54) is 19.2 Å². The van der Waals surface area contributed by atoms with Gasteiger partial charge in [0.1, 0.15) is 0 Å². The standard InChI is InChI=1S/C12H15O3/c1-4-5-9-8(2)10(12(14)15-3)6-7-11(9)13/h6-7H,4-5H2,1-3H3. The minimum atomic E-state index is -0.384. The van der Waals surface area contributed by atoms with E-state index in [0.29, 0.717) is 12.0 Å². The van der Waals surface area contributed by atoms with Gasteiger partial charge in [-0.15, -0.1) is 0 Å². The zero-order valence-corrected chi connectivity index (χ0v) is 9.29. The van der Waals surface area contributed by atoms with Crippen molar-refractivity contribution in [1.29, 1.82) is 0 Å². The highest BCUT2D eigenvalue weighted by Crippen LogP contribution is 2.26. The Morgan fingerprint density at radius 1 is 1.40 bits per heavy atom. The van der Waals surface area contributed by atoms with Gasteiger partial charge < -0.3 is 4.74 Å². The van der Waals surface area contributed by atoms with Crippen LogP contribution in [-0.2, 0) is 16.3 Å². The summed E-state index contributed by atoms with van der Waals surface area (Å²) >= 11 is 0. The fourth-order valence-electron chi connectivity index (χ4n) is 1.62. The molecule has 0 bridgehead atoms. The number of esters is 1. The van der Waals surface area contributed by atoms with Crippen LogP contribution in [0.1, 0.15) is 34.8 Å². The van der Waals surface area contributed by atoms with Crippen LogP contribution < -0.4 is 0 Å². The summed E-state index contributed by atoms with van der Waals surface area (Å²) in [6.45, 7) is 3.79. The highest BCUT2D eigenvalue weighted by Gasteiger charge is 2.15. The molecule has 1 radical (unpaired) electrons. The largest absolute Gasteiger partial charge is 0.465 e. The van der Waals surface area contributed by atoms with Crippen LogP contribution >= 0.6 is 0 Å². The van der Waals surface area contributed by atoms with Crippen LogP contribution in [0.3, 0.4) is 0 Å². The molecule has 15 heavy (non-hydrogen) atoms. The molecule has 0 fully saturated rings. The van der Waals surface area contributed by atoms with Crippen LogP contribution in [0, 0.1) is 6.92 Å². The lowest BCUT2D eigenvalue weighted by atomic mass is 9.98. The lowest BCUT2D eigenvalue weighted by molar-refractivity contribution is 0.0599. The first-order chi connectivity index (χ1) is 7.11. The maximum atomic E-state index is 11.5. The third-order valence-electron chi connectivity index (χ3n) is 2.46. The molecule has 3 heteroatoms. The molecule has 0 aliphatic heterocycles. The summed E-state index contributed by atoms with van der Waals surface area (Å²) in [6.07, 6.45) is 1.59. The van der Waals surface area contributed by atoms with Gasteiger partial charge in [-0.2, -0.15) is 0 Å². The number of rotatable bonds is 3. The lowest BCUT2D eigenvalue weighted by Gasteiger charge is -2.09. The number of ether oxygens (including phenoxy) is 1. The minimum absolute atomic E-state index is 0.00185. The molecule has 1 aromatic rings. The molecule has 0 saturated heterocycles. The van der Waals surface area contributed by atoms with E-state index >= 15 is 0 Å². The summed E-state index contributed by atoms with van der Waals surface area (Å²) in [5, 5.41) is 11.5. The quantitative estimate of drug-likeness (QED) is 0.715. The Hall–Kier alpha value is -1.51. The molecule has 0 aromatic heterocycles. The predicted octanol–water partition coefficient (Wildman–Crippen LogP) is 2.88. The van der Waals surface area contributed by atoms with Gasteiger partial charge in [-0.1, -0.05) is 13.3 Å². The number of carbonyl (C=O) groups is 1. The van der Waals surface area contributed by atoms with Gasteiger partial charge in [-0.05, 0) is 31.0 Å². The first-order valence-electron chi connectivity index (χ1n) is 4.99. The summed E-state index contributed by atoms with van der Waals surface area (Å²) in [4.78, 5) is 11.4. The van der Waals surface area contributed by atoms with Crippen LogP contribution in [-0.4, -0.2) is 13.1 Å². The SMILES string of the molecule is CCCc1c([O])ccc(C(=O)OC)c1C. The van der Waals surface area contributed by atoms with Crippen molar-refractivity contribution in [2.45, 2.75) is 26.7 Å². The second-order valence-electron chi connectivity index (χ2n) is 3.46. The smallest absolute Gasteiger partial charge is 0.338 e. The van der Waals surface area contributed by atoms with Crippen molar-refractivity contribution in [2.24, 2.45) is 0 Å². The number of methoxy groups -OCH3 is 1. The van der Waals surface area contributed by atoms with Crippen molar-refractivity contribution in [3.05, 3.63) is 28.8 Å². The zero-order valence-electron chi connectivity index (χ0n) is 9.29. The Bertz CT molecular complexity index is 369. The van der Waals surface area contributed by atoms with Crippen LogP contribution in [0.2, 0.25) is 0 Å². The molecule has 0 N–H and O–H groups in total. The third kappa shape index (κ3) is 2.29. The van der Waals surface area contributed by atoms with Crippen LogP contribution in [0.25, 0.3) is 0 Å². The van der Waals surface area contributed by atoms with E-state index in [1.807, 2.05) is 6.92 Å². The van der Waals surface area contributed by atoms with Gasteiger partial charge in [-0.3, -0.25) is 5.11 Å². The average Bonchev–Trinajstić information content (AvgIpc) is 2.23. The second kappa shape index (κ2) is 4.82. The highest BCUT2D eigenvalue weighted by molar-refractivity contribution is 5.91. The maximum absolute atomic E-state index is 11.5. The summed E-state index contributed by atoms with van der Waals surface area (Å²) < 4.78 is 4.65. The van der Waals surface area contributed by atoms with E-state index in [-0.39, 0.29) is 11.7 Å². The van der Waals surface area contributed by atoms with E-state index in [9.17, 15) is 9.90 Å². The Labute approximate surface area is 89.7 Å². The summed E-state index contributed by atoms with van der Waals surface area (Å²) in [7, 11) is 1.34. The van der Waals surface area contributed by atoms with Gasteiger partial charge in [0.2, 0.25) is 0 Å². The Morgan fingerprint density at radius 3 is 2.60 bits per heavy atom. The predicted molar refractivity (Wildman–Crippen MR) is 56.6 cm³/mol. The first kappa shape index (κ1) is 11.6. The molecule has 81 valence electrons. The molecule has 3 nitrogen and oxygen atoms in total. The van der Waals surface area contributed by atoms with Crippen LogP contribution in [0.5, 0.6) is 5.75 Å². The number of hydrogen-bond acceptors (Lipinski definition) is 2. The molecule has 0 spiro atoms. The number of hydrogen-bond donors (Lipinski definition) is 0. The molecule has 0 aliphatic rings. The topological polar surface area (TPSA) is 46.2 Å². The van der Waals surface area contributed by atoms with Crippen molar-refractivity contribution in [2.75, 3.05) is 7.11 Å². The van der Waals surface area contributed by atoms with Gasteiger partial charge >= 0.3 is 5.97 Å². The molecular weight excluding hydrogens is 192 g/mol. The molecule has 0 heterocycles. The van der Waals surface area contributed by atoms with Gasteiger partial charge in [0.25, 0.3) is 0 Å². The number of carbonyl (C=O) groups excluding carboxylic acids is 1. The van der Waals surface area contributed by atoms with Gasteiger partial charge in [0.15, 0.2) is 5.75 Å². The van der Waals surface area contributed by atoms with Gasteiger partial charge in [0, 0.05) is 5.56 Å². The van der Waals surface area contributed by atoms with E-state index in [1.54, 1.807) is 6.92 Å². The summed E-state index contributed by atoms with van der Waals surface area (Å²) in [5.74, 6) is -0.383. The lowest BCUT2D eigenvalue weighted by Crippen LogP contribution is -2.05. The van der Waals surface area contributed by atoms with Gasteiger partial charge in [-0.25, -0.2) is 4.79 Å². The number of benzene rings is 1. The Kier molecular flexibility index (Phi) is 3.72. The summed E-state index contributed by atoms with van der Waals surface area (Å²) in [6, 6.07) is 2.97.